The molecule has 0 aliphatic carbocycles. The molecule has 0 nitrogen and oxygen atoms in total. The number of hydrogen-bond donors (Lipinski definition) is 0. The van der Waals surface area contributed by atoms with Crippen LogP contribution in [-0.2, 0) is 20.8 Å². The van der Waals surface area contributed by atoms with Crippen LogP contribution in [0.5, 0.6) is 0 Å². The fourth-order valence-electron chi connectivity index (χ4n) is 6.68. The zero-order valence-corrected chi connectivity index (χ0v) is 36.9. The van der Waals surface area contributed by atoms with Gasteiger partial charge in [0.1, 0.15) is 0 Å². The molecule has 0 aromatic heterocycles. The molecule has 6 aromatic carbocycles. The third-order valence-corrected chi connectivity index (χ3v) is 14.9. The zero-order chi connectivity index (χ0) is 36.3. The van der Waals surface area contributed by atoms with Crippen molar-refractivity contribution < 1.29 is 20.8 Å². The molecule has 268 valence electrons. The third-order valence-electron chi connectivity index (χ3n) is 9.50. The van der Waals surface area contributed by atoms with Crippen LogP contribution >= 0.6 is 32.9 Å². The average Bonchev–Trinajstić information content (AvgIpc) is 3.81. The van der Waals surface area contributed by atoms with E-state index in [2.05, 4.69) is 149 Å². The molecule has 0 fully saturated rings. The van der Waals surface area contributed by atoms with Gasteiger partial charge in [-0.05, 0) is 61.5 Å². The van der Waals surface area contributed by atoms with Crippen molar-refractivity contribution >= 4 is 65.0 Å². The van der Waals surface area contributed by atoms with Crippen LogP contribution in [0.2, 0.25) is 0 Å². The van der Waals surface area contributed by atoms with Gasteiger partial charge >= 0.3 is 37.9 Å². The van der Waals surface area contributed by atoms with E-state index in [1.165, 1.54) is 120 Å². The Bertz CT molecular complexity index is 1660. The van der Waals surface area contributed by atoms with Gasteiger partial charge < -0.3 is 0 Å². The molecule has 51 heavy (non-hydrogen) atoms. The Kier molecular flexibility index (Phi) is 19.8. The molecule has 0 N–H and O–H groups in total. The molecule has 6 rings (SSSR count). The number of benzene rings is 4. The van der Waals surface area contributed by atoms with E-state index in [9.17, 15) is 0 Å². The molecule has 0 bridgehead atoms. The van der Waals surface area contributed by atoms with Crippen molar-refractivity contribution in [1.29, 1.82) is 0 Å². The quantitative estimate of drug-likeness (QED) is 0.0673. The Hall–Kier alpha value is -1.58. The molecule has 0 saturated heterocycles. The Morgan fingerprint density at radius 2 is 0.804 bits per heavy atom. The topological polar surface area (TPSA) is 0 Å². The molecule has 0 atom stereocenters. The van der Waals surface area contributed by atoms with Crippen LogP contribution < -0.4 is 10.6 Å². The zero-order valence-electron chi connectivity index (χ0n) is 31.2. The standard InChI is InChI=1S/2C23H28P.2ClH.Zr/c2*1-3-5-15-24(16-6-4-2)21-17-20-13-10-14-22(23(20)18-21)19-11-8-7-9-12-19;;;/h2*7-14,17-18H,3-6,15-16H2,1-2H3;2*1H;/q2*-1;;;+4/p-2. The molecule has 0 aliphatic rings. The Morgan fingerprint density at radius 1 is 0.471 bits per heavy atom. The monoisotopic (exact) mass is 830 g/mol. The molecule has 0 unspecified atom stereocenters. The molecule has 0 radical (unpaired) electrons. The van der Waals surface area contributed by atoms with Crippen LogP contribution in [0.15, 0.2) is 121 Å². The van der Waals surface area contributed by atoms with E-state index in [0.29, 0.717) is 0 Å². The number of fused-ring (bicyclic) bond motifs is 2. The predicted molar refractivity (Wildman–Crippen MR) is 234 cm³/mol. The first-order valence-electron chi connectivity index (χ1n) is 19.0. The molecule has 0 amide bonds. The van der Waals surface area contributed by atoms with Crippen LogP contribution in [0, 0.1) is 0 Å². The van der Waals surface area contributed by atoms with E-state index < -0.39 is 20.8 Å². The van der Waals surface area contributed by atoms with E-state index in [1.807, 2.05) is 0 Å². The number of rotatable bonds is 16. The van der Waals surface area contributed by atoms with Crippen molar-refractivity contribution in [3.05, 3.63) is 121 Å². The van der Waals surface area contributed by atoms with Gasteiger partial charge in [0.25, 0.3) is 0 Å². The van der Waals surface area contributed by atoms with Crippen molar-refractivity contribution in [3.8, 4) is 22.3 Å². The molecule has 5 heteroatoms. The summed E-state index contributed by atoms with van der Waals surface area (Å²) in [7, 11) is 9.88. The second-order valence-electron chi connectivity index (χ2n) is 13.2. The molecule has 6 aromatic rings. The summed E-state index contributed by atoms with van der Waals surface area (Å²) in [4.78, 5) is 0. The first-order chi connectivity index (χ1) is 25.1. The summed E-state index contributed by atoms with van der Waals surface area (Å²) < 4.78 is 0. The van der Waals surface area contributed by atoms with Gasteiger partial charge in [-0.3, -0.25) is 0 Å². The summed E-state index contributed by atoms with van der Waals surface area (Å²) in [5.74, 6) is 0. The van der Waals surface area contributed by atoms with Crippen molar-refractivity contribution in [2.24, 2.45) is 0 Å². The van der Waals surface area contributed by atoms with Gasteiger partial charge in [-0.25, -0.2) is 0 Å². The SMILES string of the molecule is CCCCP(CCCC)c1cc2c(-c3ccccc3)cccc2[cH-]1.CCCCP(CCCC)c1cc2c(-c3ccccc3)cccc2[cH-]1.[Cl][Zr+2][Cl]. The van der Waals surface area contributed by atoms with Crippen LogP contribution in [0.25, 0.3) is 43.8 Å². The normalized spacial score (nSPS) is 11.0. The number of unbranched alkanes of at least 4 members (excludes halogenated alkanes) is 4. The van der Waals surface area contributed by atoms with E-state index >= 15 is 0 Å². The minimum absolute atomic E-state index is 0.00436. The summed E-state index contributed by atoms with van der Waals surface area (Å²) in [6, 6.07) is 45.0. The van der Waals surface area contributed by atoms with Crippen LogP contribution in [0.1, 0.15) is 79.1 Å². The summed E-state index contributed by atoms with van der Waals surface area (Å²) in [5, 5.41) is 8.91. The van der Waals surface area contributed by atoms with Crippen LogP contribution in [0.4, 0.5) is 0 Å². The minimum atomic E-state index is -0.826. The fourth-order valence-corrected chi connectivity index (χ4v) is 12.2. The van der Waals surface area contributed by atoms with Crippen molar-refractivity contribution in [2.75, 3.05) is 24.6 Å². The third kappa shape index (κ3) is 12.8. The van der Waals surface area contributed by atoms with Gasteiger partial charge in [0.05, 0.1) is 0 Å². The fraction of sp³-hybridized carbons (Fsp3) is 0.348. The van der Waals surface area contributed by atoms with Gasteiger partial charge in [-0.2, -0.15) is 12.1 Å². The summed E-state index contributed by atoms with van der Waals surface area (Å²) in [6.45, 7) is 9.23. The van der Waals surface area contributed by atoms with Gasteiger partial charge in [0.2, 0.25) is 0 Å². The molecule has 0 saturated carbocycles. The maximum atomic E-state index is 4.93. The summed E-state index contributed by atoms with van der Waals surface area (Å²) in [5.41, 5.74) is 5.40. The first-order valence-corrected chi connectivity index (χ1v) is 28.8. The van der Waals surface area contributed by atoms with Crippen molar-refractivity contribution in [3.63, 3.8) is 0 Å². The first kappa shape index (κ1) is 42.2. The Balaban J connectivity index is 0.000000212. The van der Waals surface area contributed by atoms with E-state index in [0.717, 1.165) is 0 Å². The average molecular weight is 833 g/mol. The molecular formula is C46H56Cl2P2Zr. The van der Waals surface area contributed by atoms with Gasteiger partial charge in [0.15, 0.2) is 0 Å². The number of hydrogen-bond acceptors (Lipinski definition) is 0. The molecule has 0 spiro atoms. The van der Waals surface area contributed by atoms with Crippen molar-refractivity contribution in [1.82, 2.24) is 0 Å². The van der Waals surface area contributed by atoms with Gasteiger partial charge in [-0.15, -0.1) is 68.6 Å². The maximum absolute atomic E-state index is 4.93. The van der Waals surface area contributed by atoms with E-state index in [4.69, 9.17) is 17.0 Å². The predicted octanol–water partition coefficient (Wildman–Crippen LogP) is 15.2. The Morgan fingerprint density at radius 3 is 1.12 bits per heavy atom. The molecule has 0 heterocycles. The van der Waals surface area contributed by atoms with Gasteiger partial charge in [-0.1, -0.05) is 153 Å². The molecular weight excluding hydrogens is 777 g/mol. The van der Waals surface area contributed by atoms with E-state index in [-0.39, 0.29) is 15.8 Å². The van der Waals surface area contributed by atoms with Crippen molar-refractivity contribution in [2.45, 2.75) is 79.1 Å². The second-order valence-corrected chi connectivity index (χ2v) is 21.9. The second kappa shape index (κ2) is 24.0. The van der Waals surface area contributed by atoms with Crippen LogP contribution in [-0.4, -0.2) is 24.6 Å². The van der Waals surface area contributed by atoms with Crippen LogP contribution in [0.3, 0.4) is 0 Å². The number of halogens is 2. The van der Waals surface area contributed by atoms with Gasteiger partial charge in [0, 0.05) is 0 Å². The van der Waals surface area contributed by atoms with E-state index in [1.54, 1.807) is 10.6 Å². The summed E-state index contributed by atoms with van der Waals surface area (Å²) >= 11 is -0.826. The summed E-state index contributed by atoms with van der Waals surface area (Å²) in [6.07, 6.45) is 16.2. The molecule has 0 aliphatic heterocycles. The Labute approximate surface area is 330 Å².